The van der Waals surface area contributed by atoms with E-state index in [0.29, 0.717) is 18.3 Å². The summed E-state index contributed by atoms with van der Waals surface area (Å²) < 4.78 is 6.58. The van der Waals surface area contributed by atoms with Gasteiger partial charge in [-0.25, -0.2) is 4.98 Å². The fraction of sp³-hybridized carbons (Fsp3) is 0.333. The third-order valence-corrected chi connectivity index (χ3v) is 6.46. The maximum atomic E-state index is 12.3. The van der Waals surface area contributed by atoms with Crippen LogP contribution in [0, 0.1) is 12.8 Å². The van der Waals surface area contributed by atoms with Crippen LogP contribution in [0.25, 0.3) is 20.7 Å². The molecule has 1 aromatic carbocycles. The second-order valence-corrected chi connectivity index (χ2v) is 7.88. The lowest BCUT2D eigenvalue weighted by molar-refractivity contribution is -0.122. The molecule has 0 unspecified atom stereocenters. The number of aryl methyl sites for hydroxylation is 1. The van der Waals surface area contributed by atoms with Crippen molar-refractivity contribution >= 4 is 43.8 Å². The molecular weight excluding hydrogens is 340 g/mol. The topological polar surface area (TPSA) is 51.2 Å². The minimum atomic E-state index is 0.0390. The van der Waals surface area contributed by atoms with Gasteiger partial charge in [-0.15, -0.1) is 22.7 Å². The molecule has 2 aromatic heterocycles. The molecule has 3 heterocycles. The standard InChI is InChI=1S/C18H18N2O2S2/c1-11-13-4-2-3-5-15(13)24-16(11)14-10-23-18(19-14)20-17(21)12-6-8-22-9-7-12/h2-5,10,12H,6-9H2,1H3,(H,19,20,21). The first-order valence-corrected chi connectivity index (χ1v) is 9.74. The molecule has 0 saturated carbocycles. The molecule has 0 radical (unpaired) electrons. The smallest absolute Gasteiger partial charge is 0.229 e. The number of rotatable bonds is 3. The molecule has 124 valence electrons. The molecule has 0 aliphatic carbocycles. The number of carbonyl (C=O) groups is 1. The fourth-order valence-corrected chi connectivity index (χ4v) is 4.97. The van der Waals surface area contributed by atoms with Gasteiger partial charge in [0.05, 0.1) is 10.6 Å². The number of anilines is 1. The van der Waals surface area contributed by atoms with Crippen LogP contribution in [0.3, 0.4) is 0 Å². The Kier molecular flexibility index (Phi) is 4.35. The molecule has 1 saturated heterocycles. The maximum Gasteiger partial charge on any atom is 0.229 e. The first kappa shape index (κ1) is 15.7. The summed E-state index contributed by atoms with van der Waals surface area (Å²) in [7, 11) is 0. The van der Waals surface area contributed by atoms with Crippen molar-refractivity contribution in [2.75, 3.05) is 18.5 Å². The van der Waals surface area contributed by atoms with Crippen molar-refractivity contribution in [3.8, 4) is 10.6 Å². The Labute approximate surface area is 148 Å². The van der Waals surface area contributed by atoms with Gasteiger partial charge in [0, 0.05) is 29.2 Å². The molecule has 4 nitrogen and oxygen atoms in total. The Hall–Kier alpha value is -1.76. The van der Waals surface area contributed by atoms with Crippen LogP contribution in [0.5, 0.6) is 0 Å². The average molecular weight is 358 g/mol. The zero-order valence-electron chi connectivity index (χ0n) is 13.4. The van der Waals surface area contributed by atoms with Gasteiger partial charge in [-0.3, -0.25) is 4.79 Å². The number of amides is 1. The van der Waals surface area contributed by atoms with Gasteiger partial charge in [0.25, 0.3) is 0 Å². The molecular formula is C18H18N2O2S2. The van der Waals surface area contributed by atoms with E-state index in [1.165, 1.54) is 31.9 Å². The monoisotopic (exact) mass is 358 g/mol. The van der Waals surface area contributed by atoms with Crippen LogP contribution in [-0.2, 0) is 9.53 Å². The van der Waals surface area contributed by atoms with Crippen molar-refractivity contribution in [1.29, 1.82) is 0 Å². The second-order valence-electron chi connectivity index (χ2n) is 5.97. The molecule has 1 aliphatic heterocycles. The van der Waals surface area contributed by atoms with Gasteiger partial charge in [-0.1, -0.05) is 18.2 Å². The van der Waals surface area contributed by atoms with Crippen LogP contribution < -0.4 is 5.32 Å². The molecule has 1 aliphatic rings. The Bertz CT molecular complexity index is 878. The fourth-order valence-electron chi connectivity index (χ4n) is 3.02. The molecule has 24 heavy (non-hydrogen) atoms. The number of aromatic nitrogens is 1. The predicted molar refractivity (Wildman–Crippen MR) is 99.8 cm³/mol. The highest BCUT2D eigenvalue weighted by molar-refractivity contribution is 7.23. The lowest BCUT2D eigenvalue weighted by Crippen LogP contribution is -2.28. The number of carbonyl (C=O) groups excluding carboxylic acids is 1. The molecule has 6 heteroatoms. The first-order valence-electron chi connectivity index (χ1n) is 8.05. The van der Waals surface area contributed by atoms with Crippen molar-refractivity contribution < 1.29 is 9.53 Å². The van der Waals surface area contributed by atoms with Gasteiger partial charge in [0.15, 0.2) is 5.13 Å². The van der Waals surface area contributed by atoms with Crippen LogP contribution in [-0.4, -0.2) is 24.1 Å². The molecule has 4 rings (SSSR count). The minimum Gasteiger partial charge on any atom is -0.381 e. The third-order valence-electron chi connectivity index (χ3n) is 4.40. The molecule has 1 amide bonds. The van der Waals surface area contributed by atoms with Gasteiger partial charge in [0.2, 0.25) is 5.91 Å². The first-order chi connectivity index (χ1) is 11.7. The third kappa shape index (κ3) is 2.97. The lowest BCUT2D eigenvalue weighted by atomic mass is 10.00. The zero-order chi connectivity index (χ0) is 16.5. The Morgan fingerprint density at radius 1 is 1.29 bits per heavy atom. The summed E-state index contributed by atoms with van der Waals surface area (Å²) in [6.07, 6.45) is 1.58. The second kappa shape index (κ2) is 6.63. The summed E-state index contributed by atoms with van der Waals surface area (Å²) in [5.41, 5.74) is 2.20. The number of hydrogen-bond donors (Lipinski definition) is 1. The number of hydrogen-bond acceptors (Lipinski definition) is 5. The largest absolute Gasteiger partial charge is 0.381 e. The SMILES string of the molecule is Cc1c(-c2csc(NC(=O)C3CCOCC3)n2)sc2ccccc12. The lowest BCUT2D eigenvalue weighted by Gasteiger charge is -2.20. The Balaban J connectivity index is 1.55. The number of fused-ring (bicyclic) bond motifs is 1. The quantitative estimate of drug-likeness (QED) is 0.738. The van der Waals surface area contributed by atoms with Crippen molar-refractivity contribution in [3.05, 3.63) is 35.2 Å². The summed E-state index contributed by atoms with van der Waals surface area (Å²) in [6, 6.07) is 8.40. The van der Waals surface area contributed by atoms with Gasteiger partial charge in [-0.2, -0.15) is 0 Å². The highest BCUT2D eigenvalue weighted by atomic mass is 32.1. The number of ether oxygens (including phenoxy) is 1. The van der Waals surface area contributed by atoms with E-state index in [9.17, 15) is 4.79 Å². The number of nitrogens with zero attached hydrogens (tertiary/aromatic N) is 1. The van der Waals surface area contributed by atoms with E-state index in [0.717, 1.165) is 18.5 Å². The number of nitrogens with one attached hydrogen (secondary N) is 1. The molecule has 0 spiro atoms. The van der Waals surface area contributed by atoms with E-state index in [-0.39, 0.29) is 11.8 Å². The summed E-state index contributed by atoms with van der Waals surface area (Å²) >= 11 is 3.24. The van der Waals surface area contributed by atoms with Crippen LogP contribution in [0.1, 0.15) is 18.4 Å². The number of benzene rings is 1. The highest BCUT2D eigenvalue weighted by Gasteiger charge is 2.22. The van der Waals surface area contributed by atoms with E-state index in [1.54, 1.807) is 11.3 Å². The summed E-state index contributed by atoms with van der Waals surface area (Å²) in [5.74, 6) is 0.101. The minimum absolute atomic E-state index is 0.0390. The van der Waals surface area contributed by atoms with E-state index in [4.69, 9.17) is 4.74 Å². The predicted octanol–water partition coefficient (Wildman–Crippen LogP) is 4.70. The van der Waals surface area contributed by atoms with E-state index in [1.807, 2.05) is 5.38 Å². The van der Waals surface area contributed by atoms with E-state index in [2.05, 4.69) is 41.5 Å². The number of thiophene rings is 1. The van der Waals surface area contributed by atoms with Crippen LogP contribution >= 0.6 is 22.7 Å². The summed E-state index contributed by atoms with van der Waals surface area (Å²) in [6.45, 7) is 3.47. The van der Waals surface area contributed by atoms with Crippen LogP contribution in [0.2, 0.25) is 0 Å². The molecule has 1 N–H and O–H groups in total. The van der Waals surface area contributed by atoms with Crippen molar-refractivity contribution in [2.24, 2.45) is 5.92 Å². The zero-order valence-corrected chi connectivity index (χ0v) is 15.0. The summed E-state index contributed by atoms with van der Waals surface area (Å²) in [4.78, 5) is 18.1. The maximum absolute atomic E-state index is 12.3. The van der Waals surface area contributed by atoms with Crippen molar-refractivity contribution in [2.45, 2.75) is 19.8 Å². The average Bonchev–Trinajstić information content (AvgIpc) is 3.21. The van der Waals surface area contributed by atoms with Crippen LogP contribution in [0.15, 0.2) is 29.6 Å². The van der Waals surface area contributed by atoms with Gasteiger partial charge in [0.1, 0.15) is 0 Å². The Morgan fingerprint density at radius 3 is 2.88 bits per heavy atom. The highest BCUT2D eigenvalue weighted by Crippen LogP contribution is 2.39. The molecule has 0 atom stereocenters. The molecule has 0 bridgehead atoms. The summed E-state index contributed by atoms with van der Waals surface area (Å²) in [5, 5.41) is 6.95. The molecule has 1 fully saturated rings. The normalized spacial score (nSPS) is 15.7. The van der Waals surface area contributed by atoms with E-state index >= 15 is 0 Å². The van der Waals surface area contributed by atoms with Gasteiger partial charge >= 0.3 is 0 Å². The van der Waals surface area contributed by atoms with Crippen LogP contribution in [0.4, 0.5) is 5.13 Å². The number of thiazole rings is 1. The van der Waals surface area contributed by atoms with Crippen molar-refractivity contribution in [3.63, 3.8) is 0 Å². The van der Waals surface area contributed by atoms with Gasteiger partial charge in [-0.05, 0) is 36.8 Å². The van der Waals surface area contributed by atoms with E-state index < -0.39 is 0 Å². The van der Waals surface area contributed by atoms with Crippen molar-refractivity contribution in [1.82, 2.24) is 4.98 Å². The van der Waals surface area contributed by atoms with Gasteiger partial charge < -0.3 is 10.1 Å². The Morgan fingerprint density at radius 2 is 2.08 bits per heavy atom. The molecule has 3 aromatic rings.